The molecule has 3 aromatic rings. The first-order valence-corrected chi connectivity index (χ1v) is 10.1. The van der Waals surface area contributed by atoms with Gasteiger partial charge in [-0.05, 0) is 35.7 Å². The maximum Gasteiger partial charge on any atom is 0.230 e. The van der Waals surface area contributed by atoms with Crippen molar-refractivity contribution in [2.75, 3.05) is 5.75 Å². The predicted octanol–water partition coefficient (Wildman–Crippen LogP) is 3.49. The lowest BCUT2D eigenvalue weighted by molar-refractivity contribution is -0.119. The van der Waals surface area contributed by atoms with E-state index in [9.17, 15) is 9.90 Å². The average molecular weight is 382 g/mol. The lowest BCUT2D eigenvalue weighted by Gasteiger charge is -2.11. The van der Waals surface area contributed by atoms with Crippen molar-refractivity contribution >= 4 is 28.4 Å². The molecule has 7 heteroatoms. The van der Waals surface area contributed by atoms with Gasteiger partial charge in [-0.15, -0.1) is 10.2 Å². The van der Waals surface area contributed by atoms with Gasteiger partial charge in [0.05, 0.1) is 11.3 Å². The number of nitrogens with one attached hydrogen (secondary N) is 1. The molecule has 0 spiro atoms. The summed E-state index contributed by atoms with van der Waals surface area (Å²) < 4.78 is 1.82. The summed E-state index contributed by atoms with van der Waals surface area (Å²) in [6.07, 6.45) is 4.54. The molecule has 1 heterocycles. The second-order valence-corrected chi connectivity index (χ2v) is 7.86. The standard InChI is InChI=1S/C20H22N4O2S/c1-24-19(16-10-13-6-2-3-7-14(13)11-17(16)25)22-23-20(24)27-12-18(26)21-15-8-4-5-9-15/h2-3,6-7,10-11,15,25H,4-5,8-9,12H2,1H3,(H,21,26). The van der Waals surface area contributed by atoms with Crippen molar-refractivity contribution < 1.29 is 9.90 Å². The number of nitrogens with zero attached hydrogens (tertiary/aromatic N) is 3. The molecule has 0 saturated heterocycles. The molecule has 1 fully saturated rings. The van der Waals surface area contributed by atoms with Gasteiger partial charge in [-0.1, -0.05) is 48.9 Å². The Balaban J connectivity index is 1.50. The summed E-state index contributed by atoms with van der Waals surface area (Å²) in [5, 5.41) is 24.6. The largest absolute Gasteiger partial charge is 0.507 e. The van der Waals surface area contributed by atoms with Crippen LogP contribution in [0.3, 0.4) is 0 Å². The van der Waals surface area contributed by atoms with Crippen molar-refractivity contribution in [1.82, 2.24) is 20.1 Å². The lowest BCUT2D eigenvalue weighted by atomic mass is 10.1. The molecule has 27 heavy (non-hydrogen) atoms. The Morgan fingerprint density at radius 3 is 2.67 bits per heavy atom. The van der Waals surface area contributed by atoms with Crippen LogP contribution in [0.25, 0.3) is 22.2 Å². The molecule has 0 aliphatic heterocycles. The van der Waals surface area contributed by atoms with Crippen molar-refractivity contribution in [3.63, 3.8) is 0 Å². The van der Waals surface area contributed by atoms with E-state index in [0.29, 0.717) is 28.3 Å². The number of thioether (sulfide) groups is 1. The number of benzene rings is 2. The van der Waals surface area contributed by atoms with Gasteiger partial charge in [0.1, 0.15) is 5.75 Å². The van der Waals surface area contributed by atoms with Crippen molar-refractivity contribution in [2.45, 2.75) is 36.9 Å². The molecular formula is C20H22N4O2S. The van der Waals surface area contributed by atoms with Gasteiger partial charge in [-0.25, -0.2) is 0 Å². The number of carbonyl (C=O) groups is 1. The molecule has 0 unspecified atom stereocenters. The Kier molecular flexibility index (Phi) is 5.03. The molecule has 2 aromatic carbocycles. The van der Waals surface area contributed by atoms with Gasteiger partial charge in [-0.2, -0.15) is 0 Å². The number of carbonyl (C=O) groups excluding carboxylic acids is 1. The third-order valence-electron chi connectivity index (χ3n) is 4.99. The summed E-state index contributed by atoms with van der Waals surface area (Å²) in [5.41, 5.74) is 0.631. The minimum Gasteiger partial charge on any atom is -0.507 e. The molecule has 1 amide bonds. The molecule has 1 aliphatic rings. The Morgan fingerprint density at radius 1 is 1.22 bits per heavy atom. The van der Waals surface area contributed by atoms with Gasteiger partial charge in [-0.3, -0.25) is 4.79 Å². The van der Waals surface area contributed by atoms with Gasteiger partial charge in [0.15, 0.2) is 11.0 Å². The maximum absolute atomic E-state index is 12.1. The first-order chi connectivity index (χ1) is 13.1. The molecule has 1 aromatic heterocycles. The van der Waals surface area contributed by atoms with Crippen molar-refractivity contribution in [3.8, 4) is 17.1 Å². The number of amides is 1. The summed E-state index contributed by atoms with van der Waals surface area (Å²) in [7, 11) is 1.85. The van der Waals surface area contributed by atoms with Crippen LogP contribution in [0.5, 0.6) is 5.75 Å². The number of hydrogen-bond donors (Lipinski definition) is 2. The first kappa shape index (κ1) is 17.9. The fourth-order valence-corrected chi connectivity index (χ4v) is 4.27. The topological polar surface area (TPSA) is 80.0 Å². The minimum absolute atomic E-state index is 0.0324. The fraction of sp³-hybridized carbons (Fsp3) is 0.350. The minimum atomic E-state index is 0.0324. The zero-order valence-electron chi connectivity index (χ0n) is 15.2. The van der Waals surface area contributed by atoms with E-state index in [1.807, 2.05) is 41.9 Å². The van der Waals surface area contributed by atoms with Crippen LogP contribution in [-0.2, 0) is 11.8 Å². The molecule has 2 N–H and O–H groups in total. The maximum atomic E-state index is 12.1. The molecule has 6 nitrogen and oxygen atoms in total. The van der Waals surface area contributed by atoms with Crippen LogP contribution in [0.1, 0.15) is 25.7 Å². The molecule has 0 radical (unpaired) electrons. The van der Waals surface area contributed by atoms with Crippen LogP contribution in [0, 0.1) is 0 Å². The van der Waals surface area contributed by atoms with Crippen LogP contribution in [0.4, 0.5) is 0 Å². The van der Waals surface area contributed by atoms with Crippen molar-refractivity contribution in [2.24, 2.45) is 7.05 Å². The van der Waals surface area contributed by atoms with E-state index in [0.717, 1.165) is 23.6 Å². The van der Waals surface area contributed by atoms with E-state index < -0.39 is 0 Å². The van der Waals surface area contributed by atoms with Crippen LogP contribution >= 0.6 is 11.8 Å². The van der Waals surface area contributed by atoms with E-state index in [4.69, 9.17) is 0 Å². The molecule has 140 valence electrons. The zero-order chi connectivity index (χ0) is 18.8. The quantitative estimate of drug-likeness (QED) is 0.660. The number of phenolic OH excluding ortho intramolecular Hbond substituents is 1. The highest BCUT2D eigenvalue weighted by Crippen LogP contribution is 2.33. The summed E-state index contributed by atoms with van der Waals surface area (Å²) in [6.45, 7) is 0. The molecule has 1 saturated carbocycles. The Morgan fingerprint density at radius 2 is 1.93 bits per heavy atom. The van der Waals surface area contributed by atoms with E-state index in [1.165, 1.54) is 24.6 Å². The SMILES string of the molecule is Cn1c(SCC(=O)NC2CCCC2)nnc1-c1cc2ccccc2cc1O. The number of rotatable bonds is 5. The highest BCUT2D eigenvalue weighted by atomic mass is 32.2. The van der Waals surface area contributed by atoms with Gasteiger partial charge < -0.3 is 15.0 Å². The lowest BCUT2D eigenvalue weighted by Crippen LogP contribution is -2.33. The van der Waals surface area contributed by atoms with Crippen LogP contribution in [0.15, 0.2) is 41.6 Å². The molecular weight excluding hydrogens is 360 g/mol. The molecule has 4 rings (SSSR count). The Labute approximate surface area is 162 Å². The van der Waals surface area contributed by atoms with E-state index in [1.54, 1.807) is 6.07 Å². The fourth-order valence-electron chi connectivity index (χ4n) is 3.55. The second-order valence-electron chi connectivity index (χ2n) is 6.92. The normalized spacial score (nSPS) is 14.7. The Hall–Kier alpha value is -2.54. The average Bonchev–Trinajstić information content (AvgIpc) is 3.29. The van der Waals surface area contributed by atoms with E-state index in [2.05, 4.69) is 15.5 Å². The summed E-state index contributed by atoms with van der Waals surface area (Å²) in [6, 6.07) is 11.8. The van der Waals surface area contributed by atoms with E-state index >= 15 is 0 Å². The molecule has 0 bridgehead atoms. The van der Waals surface area contributed by atoms with Gasteiger partial charge in [0, 0.05) is 13.1 Å². The number of hydrogen-bond acceptors (Lipinski definition) is 5. The smallest absolute Gasteiger partial charge is 0.230 e. The third-order valence-corrected chi connectivity index (χ3v) is 6.01. The van der Waals surface area contributed by atoms with Crippen LogP contribution < -0.4 is 5.32 Å². The van der Waals surface area contributed by atoms with Crippen LogP contribution in [0.2, 0.25) is 0 Å². The molecule has 1 aliphatic carbocycles. The van der Waals surface area contributed by atoms with Gasteiger partial charge >= 0.3 is 0 Å². The number of aromatic nitrogens is 3. The van der Waals surface area contributed by atoms with Crippen LogP contribution in [-0.4, -0.2) is 37.6 Å². The zero-order valence-corrected chi connectivity index (χ0v) is 16.0. The predicted molar refractivity (Wildman–Crippen MR) is 107 cm³/mol. The second kappa shape index (κ2) is 7.60. The van der Waals surface area contributed by atoms with E-state index in [-0.39, 0.29) is 11.7 Å². The van der Waals surface area contributed by atoms with Crippen molar-refractivity contribution in [3.05, 3.63) is 36.4 Å². The summed E-state index contributed by atoms with van der Waals surface area (Å²) in [5.74, 6) is 1.09. The summed E-state index contributed by atoms with van der Waals surface area (Å²) in [4.78, 5) is 12.1. The highest BCUT2D eigenvalue weighted by Gasteiger charge is 2.19. The number of fused-ring (bicyclic) bond motifs is 1. The number of aromatic hydroxyl groups is 1. The Bertz CT molecular complexity index is 979. The summed E-state index contributed by atoms with van der Waals surface area (Å²) >= 11 is 1.36. The highest BCUT2D eigenvalue weighted by molar-refractivity contribution is 7.99. The first-order valence-electron chi connectivity index (χ1n) is 9.15. The molecule has 0 atom stereocenters. The number of phenols is 1. The third kappa shape index (κ3) is 3.78. The monoisotopic (exact) mass is 382 g/mol. The van der Waals surface area contributed by atoms with Gasteiger partial charge in [0.2, 0.25) is 5.91 Å². The van der Waals surface area contributed by atoms with Gasteiger partial charge in [0.25, 0.3) is 0 Å². The van der Waals surface area contributed by atoms with Crippen molar-refractivity contribution in [1.29, 1.82) is 0 Å².